The van der Waals surface area contributed by atoms with Gasteiger partial charge in [0.25, 0.3) is 0 Å². The second-order valence-electron chi connectivity index (χ2n) is 4.42. The summed E-state index contributed by atoms with van der Waals surface area (Å²) in [5.41, 5.74) is 0. The quantitative estimate of drug-likeness (QED) is 0.924. The normalized spacial score (nSPS) is 22.0. The Morgan fingerprint density at radius 1 is 1.50 bits per heavy atom. The molecular weight excluding hydrogens is 274 g/mol. The summed E-state index contributed by atoms with van der Waals surface area (Å²) >= 11 is 5.80. The summed E-state index contributed by atoms with van der Waals surface area (Å²) < 4.78 is 32.3. The van der Waals surface area contributed by atoms with Gasteiger partial charge in [-0.05, 0) is 38.0 Å². The first-order chi connectivity index (χ1) is 8.49. The SMILES string of the molecule is C[C@@H](NS(=O)(=O)c1cccc(Cl)c1)[C@H]1CCCO1. The largest absolute Gasteiger partial charge is 0.377 e. The molecule has 6 heteroatoms. The lowest BCUT2D eigenvalue weighted by Crippen LogP contribution is -2.40. The third kappa shape index (κ3) is 3.23. The molecule has 1 heterocycles. The van der Waals surface area contributed by atoms with Crippen molar-refractivity contribution in [2.24, 2.45) is 0 Å². The van der Waals surface area contributed by atoms with Gasteiger partial charge < -0.3 is 4.74 Å². The number of sulfonamides is 1. The fourth-order valence-corrected chi connectivity index (χ4v) is 3.59. The predicted molar refractivity (Wildman–Crippen MR) is 70.2 cm³/mol. The smallest absolute Gasteiger partial charge is 0.240 e. The molecule has 2 rings (SSSR count). The second kappa shape index (κ2) is 5.57. The summed E-state index contributed by atoms with van der Waals surface area (Å²) in [5.74, 6) is 0. The molecule has 1 aromatic rings. The Labute approximate surface area is 112 Å². The first-order valence-electron chi connectivity index (χ1n) is 5.88. The first-order valence-corrected chi connectivity index (χ1v) is 7.75. The van der Waals surface area contributed by atoms with E-state index in [9.17, 15) is 8.42 Å². The van der Waals surface area contributed by atoms with Crippen LogP contribution in [0.25, 0.3) is 0 Å². The van der Waals surface area contributed by atoms with Crippen LogP contribution in [0.3, 0.4) is 0 Å². The highest BCUT2D eigenvalue weighted by Crippen LogP contribution is 2.19. The van der Waals surface area contributed by atoms with Crippen LogP contribution >= 0.6 is 11.6 Å². The van der Waals surface area contributed by atoms with E-state index in [2.05, 4.69) is 4.72 Å². The van der Waals surface area contributed by atoms with Gasteiger partial charge in [-0.1, -0.05) is 17.7 Å². The van der Waals surface area contributed by atoms with Crippen LogP contribution in [0.1, 0.15) is 19.8 Å². The third-order valence-electron chi connectivity index (χ3n) is 2.97. The van der Waals surface area contributed by atoms with Crippen molar-refractivity contribution >= 4 is 21.6 Å². The van der Waals surface area contributed by atoms with Gasteiger partial charge in [-0.3, -0.25) is 0 Å². The molecule has 0 aromatic heterocycles. The van der Waals surface area contributed by atoms with Gasteiger partial charge in [-0.15, -0.1) is 0 Å². The van der Waals surface area contributed by atoms with Gasteiger partial charge in [0.1, 0.15) is 0 Å². The molecule has 0 spiro atoms. The number of hydrogen-bond acceptors (Lipinski definition) is 3. The van der Waals surface area contributed by atoms with Gasteiger partial charge in [-0.2, -0.15) is 0 Å². The highest BCUT2D eigenvalue weighted by atomic mass is 35.5. The summed E-state index contributed by atoms with van der Waals surface area (Å²) in [6.07, 6.45) is 1.83. The topological polar surface area (TPSA) is 55.4 Å². The molecular formula is C12H16ClNO3S. The number of ether oxygens (including phenoxy) is 1. The van der Waals surface area contributed by atoms with E-state index in [0.717, 1.165) is 12.8 Å². The minimum Gasteiger partial charge on any atom is -0.377 e. The van der Waals surface area contributed by atoms with Crippen LogP contribution in [0.2, 0.25) is 5.02 Å². The van der Waals surface area contributed by atoms with E-state index in [4.69, 9.17) is 16.3 Å². The van der Waals surface area contributed by atoms with E-state index in [1.165, 1.54) is 12.1 Å². The van der Waals surface area contributed by atoms with Crippen molar-refractivity contribution in [1.29, 1.82) is 0 Å². The van der Waals surface area contributed by atoms with Crippen molar-refractivity contribution < 1.29 is 13.2 Å². The van der Waals surface area contributed by atoms with E-state index >= 15 is 0 Å². The zero-order chi connectivity index (χ0) is 13.2. The highest BCUT2D eigenvalue weighted by Gasteiger charge is 2.26. The van der Waals surface area contributed by atoms with Crippen molar-refractivity contribution in [3.8, 4) is 0 Å². The Morgan fingerprint density at radius 2 is 2.28 bits per heavy atom. The average molecular weight is 290 g/mol. The van der Waals surface area contributed by atoms with E-state index in [1.54, 1.807) is 12.1 Å². The van der Waals surface area contributed by atoms with Crippen LogP contribution < -0.4 is 4.72 Å². The highest BCUT2D eigenvalue weighted by molar-refractivity contribution is 7.89. The summed E-state index contributed by atoms with van der Waals surface area (Å²) in [6, 6.07) is 5.98. The standard InChI is InChI=1S/C12H16ClNO3S/c1-9(12-6-3-7-17-12)14-18(15,16)11-5-2-4-10(13)8-11/h2,4-5,8-9,12,14H,3,6-7H2,1H3/t9-,12-/m1/s1. The maximum atomic E-state index is 12.1. The van der Waals surface area contributed by atoms with Crippen molar-refractivity contribution in [3.05, 3.63) is 29.3 Å². The first kappa shape index (κ1) is 13.8. The Morgan fingerprint density at radius 3 is 2.89 bits per heavy atom. The Bertz CT molecular complexity index is 512. The third-order valence-corrected chi connectivity index (χ3v) is 4.76. The van der Waals surface area contributed by atoms with Crippen LogP contribution in [0.15, 0.2) is 29.2 Å². The molecule has 1 fully saturated rings. The van der Waals surface area contributed by atoms with Gasteiger partial charge in [0.2, 0.25) is 10.0 Å². The van der Waals surface area contributed by atoms with Crippen LogP contribution in [0.4, 0.5) is 0 Å². The monoisotopic (exact) mass is 289 g/mol. The molecule has 0 unspecified atom stereocenters. The van der Waals surface area contributed by atoms with Gasteiger partial charge in [-0.25, -0.2) is 13.1 Å². The molecule has 18 heavy (non-hydrogen) atoms. The maximum Gasteiger partial charge on any atom is 0.240 e. The van der Waals surface area contributed by atoms with Gasteiger partial charge in [0.05, 0.1) is 11.0 Å². The van der Waals surface area contributed by atoms with Crippen molar-refractivity contribution in [2.45, 2.75) is 36.8 Å². The molecule has 0 saturated carbocycles. The molecule has 1 aliphatic heterocycles. The fraction of sp³-hybridized carbons (Fsp3) is 0.500. The van der Waals surface area contributed by atoms with E-state index in [1.807, 2.05) is 6.92 Å². The van der Waals surface area contributed by atoms with E-state index in [0.29, 0.717) is 11.6 Å². The summed E-state index contributed by atoms with van der Waals surface area (Å²) in [5, 5.41) is 0.405. The molecule has 0 radical (unpaired) electrons. The molecule has 1 aromatic carbocycles. The summed E-state index contributed by atoms with van der Waals surface area (Å²) in [7, 11) is -3.53. The molecule has 100 valence electrons. The Balaban J connectivity index is 2.11. The minimum atomic E-state index is -3.53. The van der Waals surface area contributed by atoms with E-state index in [-0.39, 0.29) is 17.0 Å². The summed E-state index contributed by atoms with van der Waals surface area (Å²) in [4.78, 5) is 0.180. The van der Waals surface area contributed by atoms with Crippen LogP contribution in [-0.4, -0.2) is 27.2 Å². The number of hydrogen-bond donors (Lipinski definition) is 1. The van der Waals surface area contributed by atoms with Crippen molar-refractivity contribution in [2.75, 3.05) is 6.61 Å². The zero-order valence-electron chi connectivity index (χ0n) is 10.1. The molecule has 0 bridgehead atoms. The maximum absolute atomic E-state index is 12.1. The van der Waals surface area contributed by atoms with E-state index < -0.39 is 10.0 Å². The number of rotatable bonds is 4. The molecule has 4 nitrogen and oxygen atoms in total. The van der Waals surface area contributed by atoms with Crippen molar-refractivity contribution in [1.82, 2.24) is 4.72 Å². The van der Waals surface area contributed by atoms with Crippen LogP contribution in [0, 0.1) is 0 Å². The zero-order valence-corrected chi connectivity index (χ0v) is 11.7. The predicted octanol–water partition coefficient (Wildman–Crippen LogP) is 2.19. The Kier molecular flexibility index (Phi) is 4.27. The fourth-order valence-electron chi connectivity index (χ4n) is 2.02. The van der Waals surface area contributed by atoms with Crippen LogP contribution in [-0.2, 0) is 14.8 Å². The lowest BCUT2D eigenvalue weighted by molar-refractivity contribution is 0.0902. The van der Waals surface area contributed by atoms with Gasteiger partial charge >= 0.3 is 0 Å². The summed E-state index contributed by atoms with van der Waals surface area (Å²) in [6.45, 7) is 2.52. The average Bonchev–Trinajstić information content (AvgIpc) is 2.82. The second-order valence-corrected chi connectivity index (χ2v) is 6.57. The molecule has 1 saturated heterocycles. The molecule has 2 atom stereocenters. The lowest BCUT2D eigenvalue weighted by atomic mass is 10.1. The minimum absolute atomic E-state index is 0.0426. The van der Waals surface area contributed by atoms with Crippen molar-refractivity contribution in [3.63, 3.8) is 0 Å². The Hall–Kier alpha value is -0.620. The van der Waals surface area contributed by atoms with Gasteiger partial charge in [0, 0.05) is 17.7 Å². The molecule has 1 aliphatic rings. The van der Waals surface area contributed by atoms with Crippen LogP contribution in [0.5, 0.6) is 0 Å². The number of halogens is 1. The number of benzene rings is 1. The molecule has 0 amide bonds. The molecule has 0 aliphatic carbocycles. The lowest BCUT2D eigenvalue weighted by Gasteiger charge is -2.19. The molecule has 1 N–H and O–H groups in total. The van der Waals surface area contributed by atoms with Gasteiger partial charge in [0.15, 0.2) is 0 Å². The number of nitrogens with one attached hydrogen (secondary N) is 1.